The summed E-state index contributed by atoms with van der Waals surface area (Å²) in [6.07, 6.45) is 1.09. The van der Waals surface area contributed by atoms with E-state index in [0.717, 1.165) is 19.5 Å². The minimum atomic E-state index is 0.614. The van der Waals surface area contributed by atoms with Crippen LogP contribution >= 0.6 is 0 Å². The summed E-state index contributed by atoms with van der Waals surface area (Å²) in [6.45, 7) is 2.63. The monoisotopic (exact) mass is 254 g/mol. The minimum absolute atomic E-state index is 0.614. The SMILES string of the molecule is CN(CCc1ccccc1)Cc1ccccc1CN. The van der Waals surface area contributed by atoms with Crippen LogP contribution in [0.2, 0.25) is 0 Å². The molecule has 0 radical (unpaired) electrons. The summed E-state index contributed by atoms with van der Waals surface area (Å²) in [5, 5.41) is 0. The van der Waals surface area contributed by atoms with Crippen molar-refractivity contribution in [2.45, 2.75) is 19.5 Å². The van der Waals surface area contributed by atoms with Crippen molar-refractivity contribution in [2.24, 2.45) is 5.73 Å². The molecule has 2 aromatic rings. The molecular formula is C17H22N2. The van der Waals surface area contributed by atoms with Crippen molar-refractivity contribution in [3.63, 3.8) is 0 Å². The predicted octanol–water partition coefficient (Wildman–Crippen LogP) is 2.82. The van der Waals surface area contributed by atoms with Crippen LogP contribution in [0.3, 0.4) is 0 Å². The molecule has 19 heavy (non-hydrogen) atoms. The standard InChI is InChI=1S/C17H22N2/c1-19(12-11-15-7-3-2-4-8-15)14-17-10-6-5-9-16(17)13-18/h2-10H,11-14,18H2,1H3. The number of rotatable bonds is 6. The molecule has 0 aliphatic heterocycles. The van der Waals surface area contributed by atoms with Crippen molar-refractivity contribution in [1.29, 1.82) is 0 Å². The van der Waals surface area contributed by atoms with Gasteiger partial charge in [0.05, 0.1) is 0 Å². The largest absolute Gasteiger partial charge is 0.326 e. The highest BCUT2D eigenvalue weighted by molar-refractivity contribution is 5.26. The highest BCUT2D eigenvalue weighted by Crippen LogP contribution is 2.11. The zero-order valence-corrected chi connectivity index (χ0v) is 11.5. The second-order valence-electron chi connectivity index (χ2n) is 4.95. The average Bonchev–Trinajstić information content (AvgIpc) is 2.47. The topological polar surface area (TPSA) is 29.3 Å². The predicted molar refractivity (Wildman–Crippen MR) is 80.8 cm³/mol. The molecule has 2 rings (SSSR count). The molecule has 0 atom stereocenters. The lowest BCUT2D eigenvalue weighted by Crippen LogP contribution is -2.21. The fourth-order valence-electron chi connectivity index (χ4n) is 2.25. The number of nitrogens with two attached hydrogens (primary N) is 1. The van der Waals surface area contributed by atoms with Crippen LogP contribution in [0.5, 0.6) is 0 Å². The highest BCUT2D eigenvalue weighted by atomic mass is 15.1. The Bertz CT molecular complexity index is 494. The van der Waals surface area contributed by atoms with E-state index in [9.17, 15) is 0 Å². The van der Waals surface area contributed by atoms with Gasteiger partial charge in [-0.1, -0.05) is 54.6 Å². The summed E-state index contributed by atoms with van der Waals surface area (Å²) in [5.74, 6) is 0. The molecule has 0 bridgehead atoms. The maximum Gasteiger partial charge on any atom is 0.0234 e. The van der Waals surface area contributed by atoms with Gasteiger partial charge in [-0.3, -0.25) is 0 Å². The molecule has 2 heteroatoms. The number of hydrogen-bond donors (Lipinski definition) is 1. The normalized spacial score (nSPS) is 10.9. The second kappa shape index (κ2) is 7.07. The molecule has 0 fully saturated rings. The number of likely N-dealkylation sites (N-methyl/N-ethyl adjacent to an activating group) is 1. The van der Waals surface area contributed by atoms with Gasteiger partial charge in [-0.2, -0.15) is 0 Å². The Morgan fingerprint density at radius 2 is 1.53 bits per heavy atom. The summed E-state index contributed by atoms with van der Waals surface area (Å²) >= 11 is 0. The van der Waals surface area contributed by atoms with Crippen LogP contribution in [0.15, 0.2) is 54.6 Å². The molecule has 2 aromatic carbocycles. The van der Waals surface area contributed by atoms with E-state index >= 15 is 0 Å². The van der Waals surface area contributed by atoms with Gasteiger partial charge in [-0.15, -0.1) is 0 Å². The van der Waals surface area contributed by atoms with Crippen LogP contribution in [-0.2, 0) is 19.5 Å². The van der Waals surface area contributed by atoms with E-state index in [-0.39, 0.29) is 0 Å². The van der Waals surface area contributed by atoms with E-state index in [4.69, 9.17) is 5.73 Å². The van der Waals surface area contributed by atoms with Crippen molar-refractivity contribution in [2.75, 3.05) is 13.6 Å². The van der Waals surface area contributed by atoms with Crippen molar-refractivity contribution in [3.8, 4) is 0 Å². The molecule has 0 aromatic heterocycles. The summed E-state index contributed by atoms with van der Waals surface area (Å²) in [6, 6.07) is 19.0. The second-order valence-corrected chi connectivity index (χ2v) is 4.95. The third-order valence-electron chi connectivity index (χ3n) is 3.40. The van der Waals surface area contributed by atoms with Crippen LogP contribution in [0.4, 0.5) is 0 Å². The first-order valence-corrected chi connectivity index (χ1v) is 6.79. The minimum Gasteiger partial charge on any atom is -0.326 e. The van der Waals surface area contributed by atoms with Gasteiger partial charge in [-0.25, -0.2) is 0 Å². The van der Waals surface area contributed by atoms with Gasteiger partial charge >= 0.3 is 0 Å². The van der Waals surface area contributed by atoms with Crippen LogP contribution in [0, 0.1) is 0 Å². The molecule has 0 aliphatic rings. The van der Waals surface area contributed by atoms with E-state index in [0.29, 0.717) is 6.54 Å². The Labute approximate surface area is 115 Å². The van der Waals surface area contributed by atoms with Crippen molar-refractivity contribution >= 4 is 0 Å². The van der Waals surface area contributed by atoms with Gasteiger partial charge in [0.1, 0.15) is 0 Å². The van der Waals surface area contributed by atoms with Gasteiger partial charge in [0.25, 0.3) is 0 Å². The number of nitrogens with zero attached hydrogens (tertiary/aromatic N) is 1. The van der Waals surface area contributed by atoms with Crippen LogP contribution in [0.1, 0.15) is 16.7 Å². The van der Waals surface area contributed by atoms with Gasteiger partial charge < -0.3 is 10.6 Å². The van der Waals surface area contributed by atoms with Crippen molar-refractivity contribution in [1.82, 2.24) is 4.90 Å². The maximum atomic E-state index is 5.77. The van der Waals surface area contributed by atoms with E-state index in [1.54, 1.807) is 0 Å². The lowest BCUT2D eigenvalue weighted by molar-refractivity contribution is 0.330. The first-order chi connectivity index (χ1) is 9.29. The maximum absolute atomic E-state index is 5.77. The smallest absolute Gasteiger partial charge is 0.0234 e. The summed E-state index contributed by atoms with van der Waals surface area (Å²) in [5.41, 5.74) is 9.74. The summed E-state index contributed by atoms with van der Waals surface area (Å²) in [4.78, 5) is 2.35. The first-order valence-electron chi connectivity index (χ1n) is 6.79. The molecule has 0 aliphatic carbocycles. The van der Waals surface area contributed by atoms with Gasteiger partial charge in [0.2, 0.25) is 0 Å². The first kappa shape index (κ1) is 13.8. The van der Waals surface area contributed by atoms with E-state index in [1.165, 1.54) is 16.7 Å². The molecule has 100 valence electrons. The number of hydrogen-bond acceptors (Lipinski definition) is 2. The Morgan fingerprint density at radius 1 is 0.895 bits per heavy atom. The summed E-state index contributed by atoms with van der Waals surface area (Å²) in [7, 11) is 2.16. The Kier molecular flexibility index (Phi) is 5.13. The molecule has 0 amide bonds. The van der Waals surface area contributed by atoms with Crippen molar-refractivity contribution < 1.29 is 0 Å². The quantitative estimate of drug-likeness (QED) is 0.859. The fraction of sp³-hybridized carbons (Fsp3) is 0.294. The number of benzene rings is 2. The van der Waals surface area contributed by atoms with Crippen LogP contribution in [0.25, 0.3) is 0 Å². The highest BCUT2D eigenvalue weighted by Gasteiger charge is 2.04. The van der Waals surface area contributed by atoms with E-state index in [2.05, 4.69) is 66.5 Å². The van der Waals surface area contributed by atoms with E-state index in [1.807, 2.05) is 0 Å². The van der Waals surface area contributed by atoms with Gasteiger partial charge in [0, 0.05) is 19.6 Å². The third-order valence-corrected chi connectivity index (χ3v) is 3.40. The Morgan fingerprint density at radius 3 is 2.21 bits per heavy atom. The van der Waals surface area contributed by atoms with Crippen LogP contribution < -0.4 is 5.73 Å². The van der Waals surface area contributed by atoms with Crippen LogP contribution in [-0.4, -0.2) is 18.5 Å². The average molecular weight is 254 g/mol. The molecule has 0 saturated heterocycles. The van der Waals surface area contributed by atoms with E-state index < -0.39 is 0 Å². The lowest BCUT2D eigenvalue weighted by atomic mass is 10.1. The van der Waals surface area contributed by atoms with Crippen molar-refractivity contribution in [3.05, 3.63) is 71.3 Å². The van der Waals surface area contributed by atoms with Gasteiger partial charge in [0.15, 0.2) is 0 Å². The Balaban J connectivity index is 1.89. The molecule has 2 nitrogen and oxygen atoms in total. The fourth-order valence-corrected chi connectivity index (χ4v) is 2.25. The molecular weight excluding hydrogens is 232 g/mol. The Hall–Kier alpha value is -1.64. The molecule has 2 N–H and O–H groups in total. The summed E-state index contributed by atoms with van der Waals surface area (Å²) < 4.78 is 0. The molecule has 0 heterocycles. The molecule has 0 unspecified atom stereocenters. The lowest BCUT2D eigenvalue weighted by Gasteiger charge is -2.18. The molecule has 0 saturated carbocycles. The zero-order valence-electron chi connectivity index (χ0n) is 11.5. The van der Waals surface area contributed by atoms with Gasteiger partial charge in [-0.05, 0) is 30.2 Å². The molecule has 0 spiro atoms. The zero-order chi connectivity index (χ0) is 13.5. The third kappa shape index (κ3) is 4.19.